The number of nitrogens with zero attached hydrogens (tertiary/aromatic N) is 3. The van der Waals surface area contributed by atoms with E-state index in [-0.39, 0.29) is 11.0 Å². The van der Waals surface area contributed by atoms with E-state index < -0.39 is 9.84 Å². The molecule has 0 bridgehead atoms. The maximum absolute atomic E-state index is 12.2. The number of nitrogens with one attached hydrogen (secondary N) is 2. The second-order valence-electron chi connectivity index (χ2n) is 8.68. The molecule has 9 heteroatoms. The summed E-state index contributed by atoms with van der Waals surface area (Å²) >= 11 is 0. The standard InChI is InChI=1S/C25H27N5O3S/c1-34(32,33)22-5-3-2-4-20(22)28-25-24-21(10-13-26-24)27-23(29-25)16-17-6-8-18(9-7-17)30-14-11-19(31)12-15-30/h2-10,13,19,26,31H,11-12,14-16H2,1H3,(H,27,28,29). The minimum Gasteiger partial charge on any atom is -0.393 e. The monoisotopic (exact) mass is 477 g/mol. The van der Waals surface area contributed by atoms with Crippen LogP contribution in [0.4, 0.5) is 17.2 Å². The molecule has 1 saturated heterocycles. The molecule has 0 atom stereocenters. The minimum absolute atomic E-state index is 0.191. The van der Waals surface area contributed by atoms with E-state index in [1.807, 2.05) is 6.07 Å². The van der Waals surface area contributed by atoms with Gasteiger partial charge < -0.3 is 20.3 Å². The molecule has 176 valence electrons. The number of H-pyrrole nitrogens is 1. The molecular formula is C25H27N5O3S. The Balaban J connectivity index is 1.41. The first kappa shape index (κ1) is 22.4. The highest BCUT2D eigenvalue weighted by Gasteiger charge is 2.18. The lowest BCUT2D eigenvalue weighted by atomic mass is 10.1. The molecule has 0 spiro atoms. The minimum atomic E-state index is -3.40. The SMILES string of the molecule is CS(=O)(=O)c1ccccc1Nc1nc(Cc2ccc(N3CCC(O)CC3)cc2)nc2cc[nH]c12. The summed E-state index contributed by atoms with van der Waals surface area (Å²) in [5.74, 6) is 1.17. The molecule has 3 heterocycles. The first-order valence-corrected chi connectivity index (χ1v) is 13.2. The first-order chi connectivity index (χ1) is 16.4. The summed E-state index contributed by atoms with van der Waals surface area (Å²) in [6.45, 7) is 1.72. The van der Waals surface area contributed by atoms with Crippen LogP contribution in [0.3, 0.4) is 0 Å². The molecule has 0 amide bonds. The van der Waals surface area contributed by atoms with Gasteiger partial charge in [0.05, 0.1) is 22.2 Å². The summed E-state index contributed by atoms with van der Waals surface area (Å²) < 4.78 is 24.5. The third-order valence-electron chi connectivity index (χ3n) is 6.12. The zero-order valence-corrected chi connectivity index (χ0v) is 19.7. The van der Waals surface area contributed by atoms with Gasteiger partial charge in [-0.2, -0.15) is 0 Å². The quantitative estimate of drug-likeness (QED) is 0.389. The van der Waals surface area contributed by atoms with Gasteiger partial charge >= 0.3 is 0 Å². The predicted molar refractivity (Wildman–Crippen MR) is 133 cm³/mol. The maximum Gasteiger partial charge on any atom is 0.177 e. The summed E-state index contributed by atoms with van der Waals surface area (Å²) in [7, 11) is -3.40. The van der Waals surface area contributed by atoms with E-state index in [1.165, 1.54) is 6.26 Å². The third kappa shape index (κ3) is 4.76. The Hall–Kier alpha value is -3.43. The number of aliphatic hydroxyl groups excluding tert-OH is 1. The van der Waals surface area contributed by atoms with Crippen LogP contribution in [-0.4, -0.2) is 53.9 Å². The number of aromatic amines is 1. The number of rotatable bonds is 6. The van der Waals surface area contributed by atoms with Gasteiger partial charge in [0.2, 0.25) is 0 Å². The predicted octanol–water partition coefficient (Wildman–Crippen LogP) is 3.66. The topological polar surface area (TPSA) is 111 Å². The first-order valence-electron chi connectivity index (χ1n) is 11.3. The molecule has 0 aliphatic carbocycles. The number of piperidine rings is 1. The van der Waals surface area contributed by atoms with Gasteiger partial charge in [0.15, 0.2) is 15.7 Å². The van der Waals surface area contributed by atoms with Gasteiger partial charge in [0.1, 0.15) is 11.3 Å². The van der Waals surface area contributed by atoms with Gasteiger partial charge in [-0.1, -0.05) is 24.3 Å². The Bertz CT molecular complexity index is 1410. The lowest BCUT2D eigenvalue weighted by Gasteiger charge is -2.31. The summed E-state index contributed by atoms with van der Waals surface area (Å²) in [5.41, 5.74) is 4.18. The fraction of sp³-hybridized carbons (Fsp3) is 0.280. The van der Waals surface area contributed by atoms with Gasteiger partial charge in [0, 0.05) is 37.7 Å². The van der Waals surface area contributed by atoms with Crippen molar-refractivity contribution >= 4 is 38.1 Å². The number of hydrogen-bond donors (Lipinski definition) is 3. The van der Waals surface area contributed by atoms with Crippen LogP contribution in [0, 0.1) is 0 Å². The highest BCUT2D eigenvalue weighted by atomic mass is 32.2. The Morgan fingerprint density at radius 2 is 1.79 bits per heavy atom. The van der Waals surface area contributed by atoms with E-state index >= 15 is 0 Å². The van der Waals surface area contributed by atoms with Crippen molar-refractivity contribution < 1.29 is 13.5 Å². The van der Waals surface area contributed by atoms with E-state index in [4.69, 9.17) is 4.98 Å². The molecule has 34 heavy (non-hydrogen) atoms. The highest BCUT2D eigenvalue weighted by Crippen LogP contribution is 2.28. The zero-order valence-electron chi connectivity index (χ0n) is 18.9. The van der Waals surface area contributed by atoms with Crippen molar-refractivity contribution in [3.8, 4) is 0 Å². The second kappa shape index (κ2) is 9.08. The van der Waals surface area contributed by atoms with E-state index in [2.05, 4.69) is 44.5 Å². The van der Waals surface area contributed by atoms with Crippen molar-refractivity contribution in [2.24, 2.45) is 0 Å². The molecule has 5 rings (SSSR count). The van der Waals surface area contributed by atoms with Crippen molar-refractivity contribution in [3.05, 3.63) is 72.2 Å². The van der Waals surface area contributed by atoms with E-state index in [1.54, 1.807) is 30.5 Å². The van der Waals surface area contributed by atoms with Crippen molar-refractivity contribution in [1.29, 1.82) is 0 Å². The molecule has 0 saturated carbocycles. The van der Waals surface area contributed by atoms with E-state index in [9.17, 15) is 13.5 Å². The number of aromatic nitrogens is 3. The van der Waals surface area contributed by atoms with Crippen LogP contribution in [0.1, 0.15) is 24.2 Å². The average molecular weight is 478 g/mol. The van der Waals surface area contributed by atoms with E-state index in [0.717, 1.165) is 48.2 Å². The molecule has 8 nitrogen and oxygen atoms in total. The fourth-order valence-electron chi connectivity index (χ4n) is 4.31. The summed E-state index contributed by atoms with van der Waals surface area (Å²) in [4.78, 5) is 15.1. The van der Waals surface area contributed by atoms with Crippen molar-refractivity contribution in [1.82, 2.24) is 15.0 Å². The fourth-order valence-corrected chi connectivity index (χ4v) is 5.16. The van der Waals surface area contributed by atoms with Gasteiger partial charge in [0.25, 0.3) is 0 Å². The highest BCUT2D eigenvalue weighted by molar-refractivity contribution is 7.90. The van der Waals surface area contributed by atoms with Crippen LogP contribution in [0.15, 0.2) is 65.7 Å². The van der Waals surface area contributed by atoms with Gasteiger partial charge in [-0.15, -0.1) is 0 Å². The van der Waals surface area contributed by atoms with Crippen LogP contribution in [0.5, 0.6) is 0 Å². The number of hydrogen-bond acceptors (Lipinski definition) is 7. The Labute approximate surface area is 198 Å². The second-order valence-corrected chi connectivity index (χ2v) is 10.7. The van der Waals surface area contributed by atoms with Crippen LogP contribution >= 0.6 is 0 Å². The normalized spacial score (nSPS) is 15.1. The number of anilines is 3. The van der Waals surface area contributed by atoms with Crippen molar-refractivity contribution in [2.45, 2.75) is 30.3 Å². The maximum atomic E-state index is 12.2. The van der Waals surface area contributed by atoms with Gasteiger partial charge in [-0.3, -0.25) is 0 Å². The molecule has 2 aromatic carbocycles. The molecular weight excluding hydrogens is 450 g/mol. The molecule has 0 radical (unpaired) electrons. The van der Waals surface area contributed by atoms with Crippen LogP contribution in [-0.2, 0) is 16.3 Å². The number of aliphatic hydroxyl groups is 1. The summed E-state index contributed by atoms with van der Waals surface area (Å²) in [6.07, 6.45) is 4.93. The number of sulfone groups is 1. The largest absolute Gasteiger partial charge is 0.393 e. The lowest BCUT2D eigenvalue weighted by Crippen LogP contribution is -2.35. The van der Waals surface area contributed by atoms with Crippen molar-refractivity contribution in [3.63, 3.8) is 0 Å². The Morgan fingerprint density at radius 1 is 1.06 bits per heavy atom. The van der Waals surface area contributed by atoms with Crippen molar-refractivity contribution in [2.75, 3.05) is 29.6 Å². The zero-order chi connectivity index (χ0) is 23.7. The van der Waals surface area contributed by atoms with Gasteiger partial charge in [-0.05, 0) is 48.7 Å². The van der Waals surface area contributed by atoms with Crippen LogP contribution in [0.2, 0.25) is 0 Å². The molecule has 1 aliphatic heterocycles. The number of fused-ring (bicyclic) bond motifs is 1. The molecule has 1 aliphatic rings. The lowest BCUT2D eigenvalue weighted by molar-refractivity contribution is 0.145. The number of benzene rings is 2. The Kier molecular flexibility index (Phi) is 5.97. The third-order valence-corrected chi connectivity index (χ3v) is 7.27. The average Bonchev–Trinajstić information content (AvgIpc) is 3.29. The van der Waals surface area contributed by atoms with Crippen LogP contribution < -0.4 is 10.2 Å². The summed E-state index contributed by atoms with van der Waals surface area (Å²) in [6, 6.07) is 17.0. The smallest absolute Gasteiger partial charge is 0.177 e. The number of para-hydroxylation sites is 1. The molecule has 3 N–H and O–H groups in total. The molecule has 1 fully saturated rings. The van der Waals surface area contributed by atoms with Gasteiger partial charge in [-0.25, -0.2) is 18.4 Å². The molecule has 4 aromatic rings. The molecule has 0 unspecified atom stereocenters. The summed E-state index contributed by atoms with van der Waals surface area (Å²) in [5, 5.41) is 12.9. The molecule has 2 aromatic heterocycles. The van der Waals surface area contributed by atoms with E-state index in [0.29, 0.717) is 23.8 Å². The Morgan fingerprint density at radius 3 is 2.53 bits per heavy atom. The van der Waals surface area contributed by atoms with Crippen LogP contribution in [0.25, 0.3) is 11.0 Å².